The zero-order valence-electron chi connectivity index (χ0n) is 20.9. The van der Waals surface area contributed by atoms with Gasteiger partial charge in [-0.1, -0.05) is 12.0 Å². The van der Waals surface area contributed by atoms with Gasteiger partial charge < -0.3 is 30.0 Å². The number of methoxy groups -OCH3 is 2. The van der Waals surface area contributed by atoms with E-state index in [1.54, 1.807) is 36.4 Å². The van der Waals surface area contributed by atoms with Gasteiger partial charge in [-0.05, 0) is 55.3 Å². The first kappa shape index (κ1) is 27.1. The maximum absolute atomic E-state index is 14.4. The lowest BCUT2D eigenvalue weighted by Gasteiger charge is -2.28. The molecule has 1 fully saturated rings. The summed E-state index contributed by atoms with van der Waals surface area (Å²) in [5.41, 5.74) is 1.97. The van der Waals surface area contributed by atoms with Gasteiger partial charge in [-0.2, -0.15) is 13.2 Å². The van der Waals surface area contributed by atoms with E-state index in [4.69, 9.17) is 9.47 Å². The maximum Gasteiger partial charge on any atom is 0.406 e. The second-order valence-electron chi connectivity index (χ2n) is 8.79. The van der Waals surface area contributed by atoms with Crippen molar-refractivity contribution in [3.05, 3.63) is 53.7 Å². The molecule has 0 aliphatic carbocycles. The smallest absolute Gasteiger partial charge is 0.406 e. The summed E-state index contributed by atoms with van der Waals surface area (Å²) in [5.74, 6) is 5.57. The topological polar surface area (TPSA) is 76.5 Å². The number of hydrogen-bond donors (Lipinski definition) is 3. The molecule has 0 spiro atoms. The van der Waals surface area contributed by atoms with Gasteiger partial charge in [0.15, 0.2) is 0 Å². The van der Waals surface area contributed by atoms with Gasteiger partial charge in [0.2, 0.25) is 0 Å². The van der Waals surface area contributed by atoms with Crippen LogP contribution < -0.4 is 20.7 Å². The fourth-order valence-electron chi connectivity index (χ4n) is 4.40. The summed E-state index contributed by atoms with van der Waals surface area (Å²) in [5, 5.41) is 9.76. The highest BCUT2D eigenvalue weighted by Crippen LogP contribution is 2.31. The second-order valence-corrected chi connectivity index (χ2v) is 8.79. The summed E-state index contributed by atoms with van der Waals surface area (Å²) in [7, 11) is 2.72. The van der Waals surface area contributed by atoms with Crippen LogP contribution in [0.5, 0.6) is 5.75 Å². The van der Waals surface area contributed by atoms with E-state index in [1.807, 2.05) is 0 Å². The number of ether oxygens (including phenoxy) is 2. The van der Waals surface area contributed by atoms with Crippen LogP contribution in [0.4, 0.5) is 28.9 Å². The van der Waals surface area contributed by atoms with Gasteiger partial charge in [-0.25, -0.2) is 9.18 Å². The average Bonchev–Trinajstić information content (AvgIpc) is 3.24. The molecule has 1 unspecified atom stereocenters. The average molecular weight is 533 g/mol. The summed E-state index contributed by atoms with van der Waals surface area (Å²) < 4.78 is 65.9. The number of hydrogen-bond acceptors (Lipinski definition) is 6. The lowest BCUT2D eigenvalue weighted by atomic mass is 10.0. The van der Waals surface area contributed by atoms with E-state index in [0.29, 0.717) is 46.6 Å². The molecule has 2 aromatic carbocycles. The zero-order chi connectivity index (χ0) is 27.3. The summed E-state index contributed by atoms with van der Waals surface area (Å²) in [6, 6.07) is 10.8. The van der Waals surface area contributed by atoms with Crippen molar-refractivity contribution in [1.29, 1.82) is 0 Å². The van der Waals surface area contributed by atoms with E-state index in [-0.39, 0.29) is 18.8 Å². The predicted octanol–water partition coefficient (Wildman–Crippen LogP) is 4.57. The van der Waals surface area contributed by atoms with Crippen molar-refractivity contribution in [2.45, 2.75) is 31.4 Å². The Bertz CT molecular complexity index is 1360. The number of halogens is 4. The number of esters is 1. The first-order valence-corrected chi connectivity index (χ1v) is 12.0. The highest BCUT2D eigenvalue weighted by molar-refractivity contribution is 5.94. The van der Waals surface area contributed by atoms with Crippen molar-refractivity contribution < 1.29 is 31.8 Å². The third-order valence-electron chi connectivity index (χ3n) is 6.24. The SMILES string of the molecule is COC(=O)c1ccc(NCC#Cc2cc3c(NC4CCNC[C@@H]4F)cccc3n2CC(F)(F)F)c(OC)c1. The van der Waals surface area contributed by atoms with Crippen molar-refractivity contribution in [2.75, 3.05) is 44.5 Å². The van der Waals surface area contributed by atoms with E-state index >= 15 is 0 Å². The van der Waals surface area contributed by atoms with Crippen molar-refractivity contribution in [3.8, 4) is 17.6 Å². The Morgan fingerprint density at radius 3 is 2.71 bits per heavy atom. The van der Waals surface area contributed by atoms with Gasteiger partial charge in [0.1, 0.15) is 18.5 Å². The fourth-order valence-corrected chi connectivity index (χ4v) is 4.40. The maximum atomic E-state index is 14.4. The number of anilines is 2. The number of nitrogens with zero attached hydrogens (tertiary/aromatic N) is 1. The molecule has 4 rings (SSSR count). The van der Waals surface area contributed by atoms with Crippen molar-refractivity contribution in [1.82, 2.24) is 9.88 Å². The molecule has 1 aliphatic heterocycles. The molecule has 1 saturated heterocycles. The summed E-state index contributed by atoms with van der Waals surface area (Å²) >= 11 is 0. The third kappa shape index (κ3) is 6.31. The summed E-state index contributed by atoms with van der Waals surface area (Å²) in [4.78, 5) is 11.7. The van der Waals surface area contributed by atoms with Crippen LogP contribution in [-0.4, -0.2) is 62.8 Å². The van der Waals surface area contributed by atoms with Gasteiger partial charge in [-0.15, -0.1) is 0 Å². The molecule has 0 radical (unpaired) electrons. The molecule has 1 aliphatic rings. The molecule has 0 bridgehead atoms. The van der Waals surface area contributed by atoms with Gasteiger partial charge in [0.05, 0.1) is 49.3 Å². The number of fused-ring (bicyclic) bond motifs is 1. The number of aromatic nitrogens is 1. The number of benzene rings is 2. The summed E-state index contributed by atoms with van der Waals surface area (Å²) in [6.45, 7) is -0.226. The van der Waals surface area contributed by atoms with Crippen LogP contribution in [0, 0.1) is 11.8 Å². The zero-order valence-corrected chi connectivity index (χ0v) is 20.9. The van der Waals surface area contributed by atoms with E-state index in [0.717, 1.165) is 4.57 Å². The number of carbonyl (C=O) groups is 1. The molecule has 2 heterocycles. The highest BCUT2D eigenvalue weighted by atomic mass is 19.4. The van der Waals surface area contributed by atoms with Crippen LogP contribution >= 0.6 is 0 Å². The Kier molecular flexibility index (Phi) is 8.32. The van der Waals surface area contributed by atoms with E-state index in [1.165, 1.54) is 20.3 Å². The predicted molar refractivity (Wildman–Crippen MR) is 137 cm³/mol. The van der Waals surface area contributed by atoms with E-state index in [2.05, 4.69) is 27.8 Å². The Morgan fingerprint density at radius 1 is 1.18 bits per heavy atom. The third-order valence-corrected chi connectivity index (χ3v) is 6.24. The lowest BCUT2D eigenvalue weighted by Crippen LogP contribution is -2.45. The monoisotopic (exact) mass is 532 g/mol. The molecular weight excluding hydrogens is 504 g/mol. The molecule has 2 atom stereocenters. The van der Waals surface area contributed by atoms with Gasteiger partial charge in [-0.3, -0.25) is 0 Å². The fraction of sp³-hybridized carbons (Fsp3) is 0.370. The molecule has 11 heteroatoms. The second kappa shape index (κ2) is 11.6. The number of carbonyl (C=O) groups excluding carboxylic acids is 1. The minimum Gasteiger partial charge on any atom is -0.495 e. The minimum atomic E-state index is -4.46. The van der Waals surface area contributed by atoms with Crippen LogP contribution in [0.25, 0.3) is 10.9 Å². The Balaban J connectivity index is 1.60. The standard InChI is InChI=1S/C27H28F4N4O3/c1-37-25-13-17(26(36)38-2)8-9-23(25)33-11-4-5-18-14-19-21(34-22-10-12-32-15-20(22)28)6-3-7-24(19)35(18)16-27(29,30)31/h3,6-9,13-14,20,22,32-34H,10-12,15-16H2,1-2H3/t20-,22?/m0/s1. The molecule has 0 amide bonds. The molecule has 38 heavy (non-hydrogen) atoms. The Hall–Kier alpha value is -3.91. The highest BCUT2D eigenvalue weighted by Gasteiger charge is 2.30. The first-order valence-electron chi connectivity index (χ1n) is 12.0. The molecule has 3 aromatic rings. The van der Waals surface area contributed by atoms with Gasteiger partial charge in [0, 0.05) is 17.6 Å². The normalized spacial score (nSPS) is 17.4. The van der Waals surface area contributed by atoms with Crippen molar-refractivity contribution in [2.24, 2.45) is 0 Å². The molecule has 1 aromatic heterocycles. The van der Waals surface area contributed by atoms with Crippen molar-refractivity contribution in [3.63, 3.8) is 0 Å². The Labute approximate surface area is 217 Å². The molecule has 202 valence electrons. The quantitative estimate of drug-likeness (QED) is 0.235. The van der Waals surface area contributed by atoms with E-state index < -0.39 is 30.9 Å². The molecular formula is C27H28F4N4O3. The van der Waals surface area contributed by atoms with Gasteiger partial charge >= 0.3 is 12.1 Å². The van der Waals surface area contributed by atoms with Crippen LogP contribution in [-0.2, 0) is 11.3 Å². The molecule has 0 saturated carbocycles. The number of alkyl halides is 4. The van der Waals surface area contributed by atoms with Gasteiger partial charge in [0.25, 0.3) is 0 Å². The van der Waals surface area contributed by atoms with Crippen LogP contribution in [0.1, 0.15) is 22.5 Å². The lowest BCUT2D eigenvalue weighted by molar-refractivity contribution is -0.140. The minimum absolute atomic E-state index is 0.102. The van der Waals surface area contributed by atoms with Crippen LogP contribution in [0.15, 0.2) is 42.5 Å². The largest absolute Gasteiger partial charge is 0.495 e. The summed E-state index contributed by atoms with van der Waals surface area (Å²) in [6.07, 6.45) is -5.01. The Morgan fingerprint density at radius 2 is 2.00 bits per heavy atom. The number of nitrogens with one attached hydrogen (secondary N) is 3. The first-order chi connectivity index (χ1) is 18.2. The van der Waals surface area contributed by atoms with Crippen molar-refractivity contribution >= 4 is 28.2 Å². The molecule has 3 N–H and O–H groups in total. The van der Waals surface area contributed by atoms with E-state index in [9.17, 15) is 22.4 Å². The number of piperidine rings is 1. The van der Waals surface area contributed by atoms with Crippen LogP contribution in [0.2, 0.25) is 0 Å². The van der Waals surface area contributed by atoms with Crippen LogP contribution in [0.3, 0.4) is 0 Å². The molecule has 7 nitrogen and oxygen atoms in total. The number of rotatable bonds is 7.